The van der Waals surface area contributed by atoms with Crippen LogP contribution in [-0.2, 0) is 9.53 Å². The Morgan fingerprint density at radius 3 is 2.09 bits per heavy atom. The van der Waals surface area contributed by atoms with E-state index in [1.165, 1.54) is 31.3 Å². The topological polar surface area (TPSA) is 46.5 Å². The van der Waals surface area contributed by atoms with E-state index < -0.39 is 0 Å². The minimum absolute atomic E-state index is 0. The number of likely N-dealkylation sites (N-methyl/N-ethyl adjacent to an activating group) is 1. The minimum atomic E-state index is -0.338. The second-order valence-corrected chi connectivity index (χ2v) is 17.4. The second-order valence-electron chi connectivity index (χ2n) is 17.4. The number of fused-ring (bicyclic) bond motifs is 7. The monoisotopic (exact) mass is 663 g/mol. The highest BCUT2D eigenvalue weighted by molar-refractivity contribution is 5.78. The van der Waals surface area contributed by atoms with Crippen LogP contribution in [0, 0.1) is 56.7 Å². The van der Waals surface area contributed by atoms with Crippen molar-refractivity contribution in [3.05, 3.63) is 12.2 Å². The van der Waals surface area contributed by atoms with Crippen LogP contribution in [-0.4, -0.2) is 54.4 Å². The van der Waals surface area contributed by atoms with Crippen LogP contribution in [0.25, 0.3) is 0 Å². The Morgan fingerprint density at radius 1 is 0.837 bits per heavy atom. The maximum atomic E-state index is 14.3. The number of aliphatic hydroxyl groups excluding tert-OH is 1. The largest absolute Gasteiger partial charge is 1.00 e. The van der Waals surface area contributed by atoms with Gasteiger partial charge < -0.3 is 31.3 Å². The Hall–Kier alpha value is -0.390. The van der Waals surface area contributed by atoms with E-state index in [0.29, 0.717) is 36.2 Å². The zero-order chi connectivity index (χ0) is 30.9. The summed E-state index contributed by atoms with van der Waals surface area (Å²) in [5, 5.41) is 11.0. The van der Waals surface area contributed by atoms with Crippen molar-refractivity contribution in [3.8, 4) is 0 Å². The van der Waals surface area contributed by atoms with Crippen molar-refractivity contribution in [2.75, 3.05) is 32.8 Å². The second kappa shape index (κ2) is 12.0. The molecule has 0 amide bonds. The summed E-state index contributed by atoms with van der Waals surface area (Å²) in [6, 6.07) is 0. The standard InChI is InChI=1S/C38H66NO3.BrH/c1-11-39(12-2,13-3)24-25-42-33(41)38-21-16-27(26(4)5)32(38)28-14-15-30-35(8)19-18-31(40)34(6,7)29(35)17-20-37(30,10)36(28,9)22-23-38;/h27-32,40H,4,11-25H2,1-3,5-10H3;1H/q+1;/p-1/t27-,28+,29-,30+,31-,32+,35-,36+,37+,38-;/m0./s1. The molecule has 5 fully saturated rings. The van der Waals surface area contributed by atoms with E-state index in [0.717, 1.165) is 69.2 Å². The molecule has 0 aromatic carbocycles. The highest BCUT2D eigenvalue weighted by atomic mass is 79.9. The van der Waals surface area contributed by atoms with E-state index in [1.54, 1.807) is 0 Å². The summed E-state index contributed by atoms with van der Waals surface area (Å²) in [6.07, 6.45) is 11.1. The van der Waals surface area contributed by atoms with Crippen molar-refractivity contribution < 1.29 is 36.1 Å². The third-order valence-electron chi connectivity index (χ3n) is 16.3. The SMILES string of the molecule is C=C(C)[C@@H]1CC[C@]2(C(=O)OCC[N+](CC)(CC)CC)CC[C@]3(C)[C@H](CC[C@@H]4[C@@]5(C)CC[C@H](O)C(C)(C)[C@@H]5CC[C@]43C)[C@@H]12.[Br-]. The van der Waals surface area contributed by atoms with E-state index in [9.17, 15) is 9.90 Å². The predicted octanol–water partition coefficient (Wildman–Crippen LogP) is 5.43. The molecule has 5 aliphatic carbocycles. The Kier molecular flexibility index (Phi) is 9.90. The number of hydrogen-bond acceptors (Lipinski definition) is 3. The van der Waals surface area contributed by atoms with Crippen LogP contribution in [0.3, 0.4) is 0 Å². The van der Waals surface area contributed by atoms with E-state index >= 15 is 0 Å². The number of carbonyl (C=O) groups excluding carboxylic acids is 1. The Bertz CT molecular complexity index is 1050. The average molecular weight is 665 g/mol. The zero-order valence-corrected chi connectivity index (χ0v) is 31.0. The molecule has 0 heterocycles. The van der Waals surface area contributed by atoms with E-state index in [4.69, 9.17) is 4.74 Å². The van der Waals surface area contributed by atoms with Crippen molar-refractivity contribution in [3.63, 3.8) is 0 Å². The fourth-order valence-electron chi connectivity index (χ4n) is 13.1. The van der Waals surface area contributed by atoms with Crippen molar-refractivity contribution >= 4 is 5.97 Å². The van der Waals surface area contributed by atoms with Crippen molar-refractivity contribution in [1.29, 1.82) is 0 Å². The molecule has 0 bridgehead atoms. The minimum Gasteiger partial charge on any atom is -1.00 e. The lowest BCUT2D eigenvalue weighted by Gasteiger charge is -2.72. The van der Waals surface area contributed by atoms with Gasteiger partial charge in [-0.3, -0.25) is 4.79 Å². The molecule has 5 heteroatoms. The highest BCUT2D eigenvalue weighted by Gasteiger charge is 2.72. The number of halogens is 1. The van der Waals surface area contributed by atoms with Gasteiger partial charge in [0.2, 0.25) is 0 Å². The smallest absolute Gasteiger partial charge is 0.312 e. The maximum Gasteiger partial charge on any atom is 0.312 e. The molecular formula is C38H66BrNO3. The van der Waals surface area contributed by atoms with Crippen LogP contribution in [0.15, 0.2) is 12.2 Å². The Balaban J connectivity index is 0.00000423. The van der Waals surface area contributed by atoms with Crippen molar-refractivity contribution in [2.24, 2.45) is 56.7 Å². The molecule has 0 radical (unpaired) electrons. The molecule has 4 nitrogen and oxygen atoms in total. The third kappa shape index (κ3) is 4.97. The number of hydrogen-bond donors (Lipinski definition) is 1. The highest BCUT2D eigenvalue weighted by Crippen LogP contribution is 2.77. The molecule has 5 rings (SSSR count). The molecule has 0 spiro atoms. The summed E-state index contributed by atoms with van der Waals surface area (Å²) in [5.41, 5.74) is 1.69. The van der Waals surface area contributed by atoms with Gasteiger partial charge in [-0.2, -0.15) is 0 Å². The number of ether oxygens (including phenoxy) is 1. The van der Waals surface area contributed by atoms with Crippen LogP contribution in [0.5, 0.6) is 0 Å². The molecule has 0 aromatic rings. The lowest BCUT2D eigenvalue weighted by Crippen LogP contribution is -3.00. The van der Waals surface area contributed by atoms with Gasteiger partial charge in [0, 0.05) is 0 Å². The van der Waals surface area contributed by atoms with Crippen LogP contribution in [0.4, 0.5) is 0 Å². The number of rotatable bonds is 8. The number of aliphatic hydroxyl groups is 1. The van der Waals surface area contributed by atoms with Gasteiger partial charge in [0.25, 0.3) is 0 Å². The fourth-order valence-corrected chi connectivity index (χ4v) is 13.1. The fraction of sp³-hybridized carbons (Fsp3) is 0.921. The number of nitrogens with zero attached hydrogens (tertiary/aromatic N) is 1. The quantitative estimate of drug-likeness (QED) is 0.214. The molecular weight excluding hydrogens is 598 g/mol. The first-order valence-electron chi connectivity index (χ1n) is 18.0. The number of allylic oxidation sites excluding steroid dienone is 1. The molecule has 10 atom stereocenters. The predicted molar refractivity (Wildman–Crippen MR) is 173 cm³/mol. The molecule has 0 aromatic heterocycles. The summed E-state index contributed by atoms with van der Waals surface area (Å²) < 4.78 is 7.35. The van der Waals surface area contributed by atoms with Crippen LogP contribution in [0.1, 0.15) is 127 Å². The summed E-state index contributed by atoms with van der Waals surface area (Å²) in [4.78, 5) is 14.3. The van der Waals surface area contributed by atoms with Crippen molar-refractivity contribution in [2.45, 2.75) is 133 Å². The van der Waals surface area contributed by atoms with E-state index in [2.05, 4.69) is 68.9 Å². The van der Waals surface area contributed by atoms with Gasteiger partial charge in [-0.05, 0) is 143 Å². The summed E-state index contributed by atoms with van der Waals surface area (Å²) in [5.74, 6) is 2.71. The van der Waals surface area contributed by atoms with Crippen molar-refractivity contribution in [1.82, 2.24) is 0 Å². The zero-order valence-electron chi connectivity index (χ0n) is 29.4. The molecule has 5 saturated carbocycles. The first-order valence-corrected chi connectivity index (χ1v) is 18.0. The molecule has 0 aliphatic heterocycles. The van der Waals surface area contributed by atoms with Gasteiger partial charge in [0.1, 0.15) is 13.2 Å². The maximum absolute atomic E-state index is 14.3. The van der Waals surface area contributed by atoms with E-state index in [-0.39, 0.29) is 56.1 Å². The molecule has 0 saturated heterocycles. The summed E-state index contributed by atoms with van der Waals surface area (Å²) >= 11 is 0. The number of esters is 1. The first kappa shape index (κ1) is 35.5. The molecule has 248 valence electrons. The van der Waals surface area contributed by atoms with Gasteiger partial charge in [-0.15, -0.1) is 0 Å². The van der Waals surface area contributed by atoms with Gasteiger partial charge >= 0.3 is 5.97 Å². The molecule has 0 unspecified atom stereocenters. The van der Waals surface area contributed by atoms with Crippen LogP contribution < -0.4 is 17.0 Å². The Labute approximate surface area is 275 Å². The van der Waals surface area contributed by atoms with Gasteiger partial charge in [-0.25, -0.2) is 0 Å². The average Bonchev–Trinajstić information content (AvgIpc) is 3.35. The summed E-state index contributed by atoms with van der Waals surface area (Å²) in [6.45, 7) is 30.9. The van der Waals surface area contributed by atoms with Gasteiger partial charge in [0.15, 0.2) is 0 Å². The van der Waals surface area contributed by atoms with Crippen LogP contribution >= 0.6 is 0 Å². The molecule has 43 heavy (non-hydrogen) atoms. The number of quaternary nitrogens is 1. The van der Waals surface area contributed by atoms with Gasteiger partial charge in [0.05, 0.1) is 31.2 Å². The third-order valence-corrected chi connectivity index (χ3v) is 16.3. The van der Waals surface area contributed by atoms with E-state index in [1.807, 2.05) is 0 Å². The Morgan fingerprint density at radius 2 is 1.49 bits per heavy atom. The van der Waals surface area contributed by atoms with Gasteiger partial charge in [-0.1, -0.05) is 46.8 Å². The number of carbonyl (C=O) groups is 1. The first-order chi connectivity index (χ1) is 19.6. The molecule has 5 aliphatic rings. The van der Waals surface area contributed by atoms with Crippen LogP contribution in [0.2, 0.25) is 0 Å². The summed E-state index contributed by atoms with van der Waals surface area (Å²) in [7, 11) is 0. The lowest BCUT2D eigenvalue weighted by atomic mass is 9.32. The normalized spacial score (nSPS) is 45.1. The molecule has 1 N–H and O–H groups in total. The lowest BCUT2D eigenvalue weighted by molar-refractivity contribution is -0.923.